The van der Waals surface area contributed by atoms with Crippen molar-refractivity contribution in [2.24, 2.45) is 0 Å². The molecule has 5 rings (SSSR count). The second-order valence-electron chi connectivity index (χ2n) is 9.99. The minimum Gasteiger partial charge on any atom is -0.467 e. The van der Waals surface area contributed by atoms with Crippen molar-refractivity contribution < 1.29 is 23.9 Å². The van der Waals surface area contributed by atoms with E-state index < -0.39 is 41.1 Å². The first-order valence-corrected chi connectivity index (χ1v) is 12.4. The average molecular weight is 491 g/mol. The topological polar surface area (TPSA) is 84.0 Å². The van der Waals surface area contributed by atoms with Crippen LogP contribution in [0.3, 0.4) is 0 Å². The summed E-state index contributed by atoms with van der Waals surface area (Å²) in [5, 5.41) is 1.33. The quantitative estimate of drug-likeness (QED) is 0.370. The van der Waals surface area contributed by atoms with Gasteiger partial charge in [0.15, 0.2) is 6.04 Å². The van der Waals surface area contributed by atoms with E-state index >= 15 is 0 Å². The molecule has 0 radical (unpaired) electrons. The second kappa shape index (κ2) is 8.37. The third kappa shape index (κ3) is 3.67. The molecule has 3 aliphatic heterocycles. The SMILES string of the molecule is COC(=O)C1C(Cc2ccc(C(C)(C)C)cc2)=CSC2C(N3C(=O)c4ccccc4C3=O)C(=O)N12. The fourth-order valence-corrected chi connectivity index (χ4v) is 6.13. The van der Waals surface area contributed by atoms with E-state index in [1.165, 1.54) is 29.3 Å². The number of thioether (sulfide) groups is 1. The molecule has 0 N–H and O–H groups in total. The number of nitrogens with zero attached hydrogens (tertiary/aromatic N) is 2. The van der Waals surface area contributed by atoms with Crippen LogP contribution < -0.4 is 0 Å². The van der Waals surface area contributed by atoms with E-state index in [0.717, 1.165) is 16.0 Å². The summed E-state index contributed by atoms with van der Waals surface area (Å²) in [5.74, 6) is -1.93. The maximum absolute atomic E-state index is 13.3. The van der Waals surface area contributed by atoms with Gasteiger partial charge in [-0.1, -0.05) is 57.2 Å². The van der Waals surface area contributed by atoms with Gasteiger partial charge in [-0.05, 0) is 46.1 Å². The highest BCUT2D eigenvalue weighted by Crippen LogP contribution is 2.45. The van der Waals surface area contributed by atoms with Crippen LogP contribution in [0, 0.1) is 0 Å². The van der Waals surface area contributed by atoms with Gasteiger partial charge >= 0.3 is 5.97 Å². The van der Waals surface area contributed by atoms with Crippen LogP contribution in [-0.2, 0) is 26.2 Å². The lowest BCUT2D eigenvalue weighted by molar-refractivity contribution is -0.163. The van der Waals surface area contributed by atoms with Crippen LogP contribution in [0.4, 0.5) is 0 Å². The molecule has 0 spiro atoms. The van der Waals surface area contributed by atoms with Gasteiger partial charge in [0, 0.05) is 0 Å². The molecule has 8 heteroatoms. The van der Waals surface area contributed by atoms with Crippen molar-refractivity contribution in [1.29, 1.82) is 0 Å². The maximum atomic E-state index is 13.3. The summed E-state index contributed by atoms with van der Waals surface area (Å²) in [4.78, 5) is 54.5. The first-order valence-electron chi connectivity index (χ1n) is 11.4. The molecule has 3 unspecified atom stereocenters. The number of esters is 1. The van der Waals surface area contributed by atoms with Gasteiger partial charge in [0.1, 0.15) is 11.4 Å². The molecule has 35 heavy (non-hydrogen) atoms. The van der Waals surface area contributed by atoms with Crippen LogP contribution in [0.25, 0.3) is 0 Å². The molecule has 1 saturated heterocycles. The van der Waals surface area contributed by atoms with Crippen molar-refractivity contribution in [3.63, 3.8) is 0 Å². The predicted molar refractivity (Wildman–Crippen MR) is 132 cm³/mol. The van der Waals surface area contributed by atoms with Crippen LogP contribution >= 0.6 is 11.8 Å². The lowest BCUT2D eigenvalue weighted by atomic mass is 9.86. The standard InChI is InChI=1S/C27H26N2O5S/c1-27(2,3)17-11-9-15(10-12-17)13-16-14-35-25-21(24(32)29(25)20(16)26(33)34-4)28-22(30)18-7-5-6-8-19(18)23(28)31/h5-12,14,20-21,25H,13H2,1-4H3. The number of amides is 3. The summed E-state index contributed by atoms with van der Waals surface area (Å²) < 4.78 is 5.05. The van der Waals surface area contributed by atoms with E-state index in [1.54, 1.807) is 24.3 Å². The van der Waals surface area contributed by atoms with Gasteiger partial charge in [0.05, 0.1) is 18.2 Å². The molecule has 2 aromatic rings. The van der Waals surface area contributed by atoms with Gasteiger partial charge in [-0.3, -0.25) is 19.3 Å². The number of carbonyl (C=O) groups is 4. The third-order valence-electron chi connectivity index (χ3n) is 6.80. The van der Waals surface area contributed by atoms with Crippen molar-refractivity contribution in [2.45, 2.75) is 50.1 Å². The molecule has 3 amide bonds. The predicted octanol–water partition coefficient (Wildman–Crippen LogP) is 3.53. The molecular weight excluding hydrogens is 464 g/mol. The zero-order valence-electron chi connectivity index (χ0n) is 20.0. The van der Waals surface area contributed by atoms with Crippen molar-refractivity contribution in [2.75, 3.05) is 7.11 Å². The Morgan fingerprint density at radius 2 is 1.57 bits per heavy atom. The van der Waals surface area contributed by atoms with Gasteiger partial charge in [-0.15, -0.1) is 11.8 Å². The van der Waals surface area contributed by atoms with Crippen molar-refractivity contribution in [1.82, 2.24) is 9.80 Å². The van der Waals surface area contributed by atoms with Crippen LogP contribution in [0.1, 0.15) is 52.6 Å². The Hall–Kier alpha value is -3.39. The van der Waals surface area contributed by atoms with E-state index in [-0.39, 0.29) is 5.41 Å². The normalized spacial score (nSPS) is 23.5. The van der Waals surface area contributed by atoms with Crippen molar-refractivity contribution in [3.8, 4) is 0 Å². The average Bonchev–Trinajstić information content (AvgIpc) is 3.08. The maximum Gasteiger partial charge on any atom is 0.333 e. The molecule has 180 valence electrons. The number of ether oxygens (including phenoxy) is 1. The lowest BCUT2D eigenvalue weighted by Crippen LogP contribution is -2.74. The van der Waals surface area contributed by atoms with Crippen LogP contribution in [0.15, 0.2) is 59.5 Å². The molecule has 3 heterocycles. The zero-order valence-corrected chi connectivity index (χ0v) is 20.8. The van der Waals surface area contributed by atoms with Gasteiger partial charge in [-0.2, -0.15) is 0 Å². The molecule has 7 nitrogen and oxygen atoms in total. The van der Waals surface area contributed by atoms with Gasteiger partial charge < -0.3 is 9.64 Å². The summed E-state index contributed by atoms with van der Waals surface area (Å²) in [6.45, 7) is 6.45. The smallest absolute Gasteiger partial charge is 0.333 e. The molecule has 3 atom stereocenters. The Morgan fingerprint density at radius 1 is 0.971 bits per heavy atom. The van der Waals surface area contributed by atoms with E-state index in [1.807, 2.05) is 17.5 Å². The molecule has 0 saturated carbocycles. The first kappa shape index (κ1) is 23.4. The van der Waals surface area contributed by atoms with Gasteiger partial charge in [0.25, 0.3) is 17.7 Å². The number of hydrogen-bond acceptors (Lipinski definition) is 6. The molecule has 0 aromatic heterocycles. The number of methoxy groups -OCH3 is 1. The molecule has 2 aromatic carbocycles. The van der Waals surface area contributed by atoms with Crippen molar-refractivity contribution in [3.05, 3.63) is 81.8 Å². The summed E-state index contributed by atoms with van der Waals surface area (Å²) in [5.41, 5.74) is 3.59. The molecule has 1 fully saturated rings. The number of hydrogen-bond donors (Lipinski definition) is 0. The summed E-state index contributed by atoms with van der Waals surface area (Å²) >= 11 is 1.35. The number of carbonyl (C=O) groups excluding carboxylic acids is 4. The molecule has 0 aliphatic carbocycles. The molecule has 0 bridgehead atoms. The van der Waals surface area contributed by atoms with Crippen LogP contribution in [-0.4, -0.2) is 58.1 Å². The van der Waals surface area contributed by atoms with Crippen LogP contribution in [0.2, 0.25) is 0 Å². The fraction of sp³-hybridized carbons (Fsp3) is 0.333. The molecule has 3 aliphatic rings. The highest BCUT2D eigenvalue weighted by atomic mass is 32.2. The molecular formula is C27H26N2O5S. The minimum absolute atomic E-state index is 0.0312. The minimum atomic E-state index is -0.955. The Labute approximate surface area is 208 Å². The van der Waals surface area contributed by atoms with E-state index in [2.05, 4.69) is 32.9 Å². The van der Waals surface area contributed by atoms with E-state index in [4.69, 9.17) is 4.74 Å². The summed E-state index contributed by atoms with van der Waals surface area (Å²) in [6.07, 6.45) is 0.478. The second-order valence-corrected chi connectivity index (χ2v) is 11.0. The number of rotatable bonds is 4. The Morgan fingerprint density at radius 3 is 2.11 bits per heavy atom. The van der Waals surface area contributed by atoms with E-state index in [0.29, 0.717) is 17.5 Å². The Balaban J connectivity index is 1.42. The number of imide groups is 1. The third-order valence-corrected chi connectivity index (χ3v) is 8.00. The van der Waals surface area contributed by atoms with E-state index in [9.17, 15) is 19.2 Å². The summed E-state index contributed by atoms with van der Waals surface area (Å²) in [7, 11) is 1.29. The zero-order chi connectivity index (χ0) is 25.1. The summed E-state index contributed by atoms with van der Waals surface area (Å²) in [6, 6.07) is 12.9. The first-order chi connectivity index (χ1) is 16.6. The fourth-order valence-electron chi connectivity index (χ4n) is 4.86. The number of fused-ring (bicyclic) bond motifs is 2. The Kier molecular flexibility index (Phi) is 5.59. The highest BCUT2D eigenvalue weighted by molar-refractivity contribution is 8.03. The number of benzene rings is 2. The van der Waals surface area contributed by atoms with Crippen LogP contribution in [0.5, 0.6) is 0 Å². The van der Waals surface area contributed by atoms with Crippen molar-refractivity contribution >= 4 is 35.5 Å². The van der Waals surface area contributed by atoms with Gasteiger partial charge in [0.2, 0.25) is 0 Å². The highest BCUT2D eigenvalue weighted by Gasteiger charge is 2.61. The number of β-lactam (4-membered cyclic amide) rings is 1. The Bertz CT molecular complexity index is 1240. The van der Waals surface area contributed by atoms with Gasteiger partial charge in [-0.25, -0.2) is 4.79 Å². The monoisotopic (exact) mass is 490 g/mol. The largest absolute Gasteiger partial charge is 0.467 e. The lowest BCUT2D eigenvalue weighted by Gasteiger charge is -2.53.